The molecule has 6 heteroatoms. The Labute approximate surface area is 123 Å². The summed E-state index contributed by atoms with van der Waals surface area (Å²) in [6, 6.07) is 4.91. The first-order valence-electron chi connectivity index (χ1n) is 5.50. The molecule has 0 spiro atoms. The van der Waals surface area contributed by atoms with Crippen LogP contribution in [0.15, 0.2) is 33.4 Å². The summed E-state index contributed by atoms with van der Waals surface area (Å²) in [6.45, 7) is 0.583. The normalized spacial score (nSPS) is 10.5. The molecule has 0 saturated heterocycles. The number of carbonyl (C=O) groups is 1. The Balaban J connectivity index is 2.40. The van der Waals surface area contributed by atoms with Gasteiger partial charge in [-0.15, -0.1) is 0 Å². The molecule has 1 aromatic heterocycles. The van der Waals surface area contributed by atoms with Crippen molar-refractivity contribution in [3.8, 4) is 0 Å². The van der Waals surface area contributed by atoms with Crippen LogP contribution in [-0.2, 0) is 6.54 Å². The molecule has 1 aromatic carbocycles. The predicted octanol–water partition coefficient (Wildman–Crippen LogP) is 3.39. The second-order valence-electron chi connectivity index (χ2n) is 4.13. The highest BCUT2D eigenvalue weighted by Gasteiger charge is 2.18. The van der Waals surface area contributed by atoms with E-state index in [1.807, 2.05) is 16.8 Å². The van der Waals surface area contributed by atoms with E-state index in [1.54, 1.807) is 29.4 Å². The molecule has 0 bridgehead atoms. The Morgan fingerprint density at radius 1 is 1.53 bits per heavy atom. The summed E-state index contributed by atoms with van der Waals surface area (Å²) in [5.41, 5.74) is 6.75. The van der Waals surface area contributed by atoms with Crippen LogP contribution >= 0.6 is 27.3 Å². The second kappa shape index (κ2) is 5.71. The third kappa shape index (κ3) is 3.13. The Morgan fingerprint density at radius 2 is 2.26 bits per heavy atom. The Morgan fingerprint density at radius 3 is 2.84 bits per heavy atom. The number of nitrogens with two attached hydrogens (primary N) is 1. The molecule has 0 unspecified atom stereocenters. The van der Waals surface area contributed by atoms with Crippen molar-refractivity contribution in [1.82, 2.24) is 0 Å². The van der Waals surface area contributed by atoms with Crippen molar-refractivity contribution in [3.05, 3.63) is 50.4 Å². The zero-order chi connectivity index (χ0) is 14.0. The SMILES string of the molecule is CN(Cc1ccsc1)c1cc(Br)cc(F)c1C(N)=O. The van der Waals surface area contributed by atoms with E-state index in [1.165, 1.54) is 6.07 Å². The van der Waals surface area contributed by atoms with Gasteiger partial charge in [0.05, 0.1) is 11.3 Å². The van der Waals surface area contributed by atoms with Gasteiger partial charge < -0.3 is 10.6 Å². The number of hydrogen-bond acceptors (Lipinski definition) is 3. The molecule has 0 radical (unpaired) electrons. The van der Waals surface area contributed by atoms with Gasteiger partial charge >= 0.3 is 0 Å². The summed E-state index contributed by atoms with van der Waals surface area (Å²) in [5, 5.41) is 3.98. The molecule has 3 nitrogen and oxygen atoms in total. The van der Waals surface area contributed by atoms with Gasteiger partial charge in [0.25, 0.3) is 5.91 Å². The Kier molecular flexibility index (Phi) is 4.21. The average molecular weight is 343 g/mol. The molecule has 2 N–H and O–H groups in total. The molecule has 0 aliphatic rings. The van der Waals surface area contributed by atoms with Crippen molar-refractivity contribution in [3.63, 3.8) is 0 Å². The largest absolute Gasteiger partial charge is 0.369 e. The van der Waals surface area contributed by atoms with E-state index < -0.39 is 11.7 Å². The minimum Gasteiger partial charge on any atom is -0.369 e. The topological polar surface area (TPSA) is 46.3 Å². The summed E-state index contributed by atoms with van der Waals surface area (Å²) in [7, 11) is 1.80. The van der Waals surface area contributed by atoms with Gasteiger partial charge in [0.1, 0.15) is 5.82 Å². The van der Waals surface area contributed by atoms with E-state index in [9.17, 15) is 9.18 Å². The monoisotopic (exact) mass is 342 g/mol. The Hall–Kier alpha value is -1.40. The highest BCUT2D eigenvalue weighted by molar-refractivity contribution is 9.10. The van der Waals surface area contributed by atoms with Gasteiger partial charge in [0.2, 0.25) is 0 Å². The predicted molar refractivity (Wildman–Crippen MR) is 79.0 cm³/mol. The van der Waals surface area contributed by atoms with Crippen LogP contribution in [0, 0.1) is 5.82 Å². The summed E-state index contributed by atoms with van der Waals surface area (Å²) >= 11 is 4.82. The number of carbonyl (C=O) groups excluding carboxylic acids is 1. The minimum absolute atomic E-state index is 0.0825. The van der Waals surface area contributed by atoms with Gasteiger partial charge in [-0.2, -0.15) is 11.3 Å². The number of primary amides is 1. The van der Waals surface area contributed by atoms with E-state index in [0.29, 0.717) is 16.7 Å². The first-order chi connectivity index (χ1) is 8.99. The number of halogens is 2. The molecule has 0 aliphatic carbocycles. The van der Waals surface area contributed by atoms with Crippen molar-refractivity contribution >= 4 is 38.9 Å². The molecule has 1 heterocycles. The maximum Gasteiger partial charge on any atom is 0.253 e. The number of benzene rings is 1. The van der Waals surface area contributed by atoms with Gasteiger partial charge in [-0.25, -0.2) is 4.39 Å². The van der Waals surface area contributed by atoms with Gasteiger partial charge in [-0.1, -0.05) is 15.9 Å². The van der Waals surface area contributed by atoms with Crippen molar-refractivity contribution in [2.75, 3.05) is 11.9 Å². The molecule has 0 atom stereocenters. The fourth-order valence-electron chi connectivity index (χ4n) is 1.85. The summed E-state index contributed by atoms with van der Waals surface area (Å²) in [4.78, 5) is 13.2. The highest BCUT2D eigenvalue weighted by Crippen LogP contribution is 2.28. The standard InChI is InChI=1S/C13H12BrFN2OS/c1-17(6-8-2-3-19-7-8)11-5-9(14)4-10(15)12(11)13(16)18/h2-5,7H,6H2,1H3,(H2,16,18). The Bertz CT molecular complexity index is 601. The molecule has 1 amide bonds. The summed E-state index contributed by atoms with van der Waals surface area (Å²) in [5.74, 6) is -1.38. The maximum atomic E-state index is 13.8. The lowest BCUT2D eigenvalue weighted by molar-refractivity contribution is 0.0997. The zero-order valence-corrected chi connectivity index (χ0v) is 12.6. The lowest BCUT2D eigenvalue weighted by atomic mass is 10.1. The number of anilines is 1. The van der Waals surface area contributed by atoms with Crippen LogP contribution in [-0.4, -0.2) is 13.0 Å². The van der Waals surface area contributed by atoms with E-state index in [4.69, 9.17) is 5.73 Å². The number of thiophene rings is 1. The van der Waals surface area contributed by atoms with Crippen LogP contribution in [0.25, 0.3) is 0 Å². The van der Waals surface area contributed by atoms with E-state index in [0.717, 1.165) is 5.56 Å². The molecular weight excluding hydrogens is 331 g/mol. The fraction of sp³-hybridized carbons (Fsp3) is 0.154. The van der Waals surface area contributed by atoms with Crippen LogP contribution < -0.4 is 10.6 Å². The van der Waals surface area contributed by atoms with E-state index >= 15 is 0 Å². The number of rotatable bonds is 4. The number of hydrogen-bond donors (Lipinski definition) is 1. The smallest absolute Gasteiger partial charge is 0.253 e. The van der Waals surface area contributed by atoms with Crippen LogP contribution in [0.3, 0.4) is 0 Å². The van der Waals surface area contributed by atoms with Crippen LogP contribution in [0.4, 0.5) is 10.1 Å². The minimum atomic E-state index is -0.767. The maximum absolute atomic E-state index is 13.8. The molecule has 2 rings (SSSR count). The zero-order valence-electron chi connectivity index (χ0n) is 10.2. The van der Waals surface area contributed by atoms with Crippen LogP contribution in [0.5, 0.6) is 0 Å². The highest BCUT2D eigenvalue weighted by atomic mass is 79.9. The van der Waals surface area contributed by atoms with Crippen molar-refractivity contribution in [2.45, 2.75) is 6.54 Å². The van der Waals surface area contributed by atoms with Gasteiger partial charge in [0, 0.05) is 18.1 Å². The summed E-state index contributed by atoms with van der Waals surface area (Å²) < 4.78 is 14.4. The number of nitrogens with zero attached hydrogens (tertiary/aromatic N) is 1. The third-order valence-electron chi connectivity index (χ3n) is 2.69. The number of amides is 1. The fourth-order valence-corrected chi connectivity index (χ4v) is 2.92. The van der Waals surface area contributed by atoms with Crippen molar-refractivity contribution < 1.29 is 9.18 Å². The van der Waals surface area contributed by atoms with E-state index in [2.05, 4.69) is 15.9 Å². The molecule has 2 aromatic rings. The van der Waals surface area contributed by atoms with Crippen LogP contribution in [0.1, 0.15) is 15.9 Å². The first-order valence-corrected chi connectivity index (χ1v) is 7.23. The molecular formula is C13H12BrFN2OS. The second-order valence-corrected chi connectivity index (χ2v) is 5.83. The average Bonchev–Trinajstić information content (AvgIpc) is 2.79. The quantitative estimate of drug-likeness (QED) is 0.925. The lowest BCUT2D eigenvalue weighted by Gasteiger charge is -2.21. The summed E-state index contributed by atoms with van der Waals surface area (Å²) in [6.07, 6.45) is 0. The molecule has 19 heavy (non-hydrogen) atoms. The molecule has 100 valence electrons. The molecule has 0 fully saturated rings. The third-order valence-corrected chi connectivity index (χ3v) is 3.88. The molecule has 0 aliphatic heterocycles. The molecule has 0 saturated carbocycles. The van der Waals surface area contributed by atoms with Gasteiger partial charge in [0.15, 0.2) is 0 Å². The van der Waals surface area contributed by atoms with Gasteiger partial charge in [-0.3, -0.25) is 4.79 Å². The van der Waals surface area contributed by atoms with Crippen molar-refractivity contribution in [1.29, 1.82) is 0 Å². The lowest BCUT2D eigenvalue weighted by Crippen LogP contribution is -2.23. The first kappa shape index (κ1) is 14.0. The van der Waals surface area contributed by atoms with Crippen LogP contribution in [0.2, 0.25) is 0 Å². The van der Waals surface area contributed by atoms with Crippen molar-refractivity contribution in [2.24, 2.45) is 5.73 Å². The van der Waals surface area contributed by atoms with E-state index in [-0.39, 0.29) is 5.56 Å². The van der Waals surface area contributed by atoms with Gasteiger partial charge in [-0.05, 0) is 34.5 Å².